The average molecular weight is 237 g/mol. The van der Waals surface area contributed by atoms with E-state index in [2.05, 4.69) is 22.6 Å². The van der Waals surface area contributed by atoms with Gasteiger partial charge in [-0.3, -0.25) is 9.48 Å². The summed E-state index contributed by atoms with van der Waals surface area (Å²) >= 11 is 0. The predicted octanol–water partition coefficient (Wildman–Crippen LogP) is 0.157. The first-order valence-electron chi connectivity index (χ1n) is 6.07. The molecule has 6 nitrogen and oxygen atoms in total. The summed E-state index contributed by atoms with van der Waals surface area (Å²) in [5.41, 5.74) is 6.11. The molecule has 0 aromatic carbocycles. The monoisotopic (exact) mass is 237 g/mol. The molecule has 0 radical (unpaired) electrons. The normalized spacial score (nSPS) is 16.8. The largest absolute Gasteiger partial charge is 0.350 e. The zero-order valence-corrected chi connectivity index (χ0v) is 10.1. The molecule has 94 valence electrons. The molecule has 1 aliphatic rings. The Kier molecular flexibility index (Phi) is 3.42. The molecular weight excluding hydrogens is 218 g/mol. The highest BCUT2D eigenvalue weighted by Gasteiger charge is 2.40. The standard InChI is InChI=1S/C11H19N5O/c1-2-11(3-4-11)8-13-10(17)9-7-16(6-5-12)15-14-9/h7H,2-6,8,12H2,1H3,(H,13,17). The van der Waals surface area contributed by atoms with Crippen molar-refractivity contribution >= 4 is 5.91 Å². The maximum absolute atomic E-state index is 11.8. The van der Waals surface area contributed by atoms with Crippen molar-refractivity contribution in [3.8, 4) is 0 Å². The molecule has 0 bridgehead atoms. The minimum absolute atomic E-state index is 0.145. The van der Waals surface area contributed by atoms with Crippen LogP contribution >= 0.6 is 0 Å². The van der Waals surface area contributed by atoms with Gasteiger partial charge in [0.15, 0.2) is 5.69 Å². The fourth-order valence-electron chi connectivity index (χ4n) is 1.83. The van der Waals surface area contributed by atoms with Crippen molar-refractivity contribution in [1.29, 1.82) is 0 Å². The molecule has 1 aliphatic carbocycles. The highest BCUT2D eigenvalue weighted by atomic mass is 16.2. The van der Waals surface area contributed by atoms with Gasteiger partial charge in [0, 0.05) is 13.1 Å². The van der Waals surface area contributed by atoms with E-state index in [-0.39, 0.29) is 5.91 Å². The van der Waals surface area contributed by atoms with Crippen LogP contribution in [-0.4, -0.2) is 34.0 Å². The van der Waals surface area contributed by atoms with Gasteiger partial charge >= 0.3 is 0 Å². The minimum atomic E-state index is -0.145. The summed E-state index contributed by atoms with van der Waals surface area (Å²) in [6.45, 7) is 3.98. The summed E-state index contributed by atoms with van der Waals surface area (Å²) in [6, 6.07) is 0. The Labute approximate surface area is 101 Å². The topological polar surface area (TPSA) is 85.8 Å². The number of nitrogens with zero attached hydrogens (tertiary/aromatic N) is 3. The van der Waals surface area contributed by atoms with Gasteiger partial charge in [0.25, 0.3) is 5.91 Å². The Balaban J connectivity index is 1.86. The summed E-state index contributed by atoms with van der Waals surface area (Å²) in [4.78, 5) is 11.8. The van der Waals surface area contributed by atoms with Gasteiger partial charge in [0.05, 0.1) is 12.7 Å². The van der Waals surface area contributed by atoms with Crippen molar-refractivity contribution in [2.45, 2.75) is 32.7 Å². The molecule has 17 heavy (non-hydrogen) atoms. The summed E-state index contributed by atoms with van der Waals surface area (Å²) in [7, 11) is 0. The summed E-state index contributed by atoms with van der Waals surface area (Å²) in [6.07, 6.45) is 5.17. The Morgan fingerprint density at radius 2 is 2.41 bits per heavy atom. The summed E-state index contributed by atoms with van der Waals surface area (Å²) in [5.74, 6) is -0.145. The molecule has 3 N–H and O–H groups in total. The van der Waals surface area contributed by atoms with Crippen LogP contribution in [0.5, 0.6) is 0 Å². The van der Waals surface area contributed by atoms with Crippen molar-refractivity contribution in [3.63, 3.8) is 0 Å². The number of carbonyl (C=O) groups excluding carboxylic acids is 1. The molecule has 0 atom stereocenters. The van der Waals surface area contributed by atoms with Crippen molar-refractivity contribution in [2.24, 2.45) is 11.1 Å². The van der Waals surface area contributed by atoms with Crippen LogP contribution < -0.4 is 11.1 Å². The minimum Gasteiger partial charge on any atom is -0.350 e. The molecule has 0 unspecified atom stereocenters. The molecule has 1 aromatic rings. The Morgan fingerprint density at radius 3 is 3.00 bits per heavy atom. The molecule has 0 aliphatic heterocycles. The number of hydrogen-bond donors (Lipinski definition) is 2. The van der Waals surface area contributed by atoms with Crippen molar-refractivity contribution in [2.75, 3.05) is 13.1 Å². The Hall–Kier alpha value is -1.43. The van der Waals surface area contributed by atoms with E-state index in [4.69, 9.17) is 5.73 Å². The second-order valence-corrected chi connectivity index (χ2v) is 4.69. The zero-order valence-electron chi connectivity index (χ0n) is 10.1. The number of amides is 1. The van der Waals surface area contributed by atoms with Crippen LogP contribution in [0.3, 0.4) is 0 Å². The Morgan fingerprint density at radius 1 is 1.65 bits per heavy atom. The second-order valence-electron chi connectivity index (χ2n) is 4.69. The van der Waals surface area contributed by atoms with E-state index >= 15 is 0 Å². The molecule has 6 heteroatoms. The predicted molar refractivity (Wildman–Crippen MR) is 63.4 cm³/mol. The molecule has 0 saturated heterocycles. The van der Waals surface area contributed by atoms with E-state index in [1.165, 1.54) is 12.8 Å². The third-order valence-electron chi connectivity index (χ3n) is 3.46. The van der Waals surface area contributed by atoms with E-state index < -0.39 is 0 Å². The van der Waals surface area contributed by atoms with Crippen molar-refractivity contribution in [3.05, 3.63) is 11.9 Å². The molecule has 1 aromatic heterocycles. The number of nitrogens with two attached hydrogens (primary N) is 1. The van der Waals surface area contributed by atoms with E-state index in [1.54, 1.807) is 10.9 Å². The molecule has 1 heterocycles. The maximum atomic E-state index is 11.8. The van der Waals surface area contributed by atoms with Crippen molar-refractivity contribution < 1.29 is 4.79 Å². The quantitative estimate of drug-likeness (QED) is 0.737. The van der Waals surface area contributed by atoms with E-state index in [0.29, 0.717) is 24.2 Å². The van der Waals surface area contributed by atoms with Crippen LogP contribution in [0.4, 0.5) is 0 Å². The molecule has 0 spiro atoms. The summed E-state index contributed by atoms with van der Waals surface area (Å²) in [5, 5.41) is 10.6. The van der Waals surface area contributed by atoms with Gasteiger partial charge in [-0.25, -0.2) is 0 Å². The van der Waals surface area contributed by atoms with Gasteiger partial charge in [-0.15, -0.1) is 5.10 Å². The first-order valence-corrected chi connectivity index (χ1v) is 6.07. The number of hydrogen-bond acceptors (Lipinski definition) is 4. The van der Waals surface area contributed by atoms with Gasteiger partial charge in [0.2, 0.25) is 0 Å². The van der Waals surface area contributed by atoms with Crippen LogP contribution in [0, 0.1) is 5.41 Å². The zero-order chi connectivity index (χ0) is 12.3. The van der Waals surface area contributed by atoms with Crippen LogP contribution in [0.1, 0.15) is 36.7 Å². The van der Waals surface area contributed by atoms with Gasteiger partial charge in [0.1, 0.15) is 0 Å². The van der Waals surface area contributed by atoms with E-state index in [0.717, 1.165) is 13.0 Å². The van der Waals surface area contributed by atoms with Crippen molar-refractivity contribution in [1.82, 2.24) is 20.3 Å². The first kappa shape index (κ1) is 12.0. The fraction of sp³-hybridized carbons (Fsp3) is 0.727. The highest BCUT2D eigenvalue weighted by molar-refractivity contribution is 5.91. The highest BCUT2D eigenvalue weighted by Crippen LogP contribution is 2.47. The molecule has 2 rings (SSSR count). The maximum Gasteiger partial charge on any atom is 0.273 e. The lowest BCUT2D eigenvalue weighted by atomic mass is 10.0. The Bertz CT molecular complexity index is 396. The number of nitrogens with one attached hydrogen (secondary N) is 1. The first-order chi connectivity index (χ1) is 8.19. The van der Waals surface area contributed by atoms with E-state index in [1.807, 2.05) is 0 Å². The summed E-state index contributed by atoms with van der Waals surface area (Å²) < 4.78 is 1.58. The molecule has 1 saturated carbocycles. The average Bonchev–Trinajstić information content (AvgIpc) is 2.98. The smallest absolute Gasteiger partial charge is 0.273 e. The molecule has 1 amide bonds. The second kappa shape index (κ2) is 4.83. The lowest BCUT2D eigenvalue weighted by molar-refractivity contribution is 0.0939. The van der Waals surface area contributed by atoms with Crippen LogP contribution in [0.25, 0.3) is 0 Å². The molecular formula is C11H19N5O. The lowest BCUT2D eigenvalue weighted by Gasteiger charge is -2.12. The third-order valence-corrected chi connectivity index (χ3v) is 3.46. The SMILES string of the molecule is CCC1(CNC(=O)c2cn(CCN)nn2)CC1. The third kappa shape index (κ3) is 2.82. The van der Waals surface area contributed by atoms with E-state index in [9.17, 15) is 4.79 Å². The van der Waals surface area contributed by atoms with Crippen LogP contribution in [0.2, 0.25) is 0 Å². The number of carbonyl (C=O) groups is 1. The van der Waals surface area contributed by atoms with Gasteiger partial charge in [-0.05, 0) is 24.7 Å². The van der Waals surface area contributed by atoms with Crippen LogP contribution in [0.15, 0.2) is 6.20 Å². The van der Waals surface area contributed by atoms with Gasteiger partial charge in [-0.1, -0.05) is 12.1 Å². The lowest BCUT2D eigenvalue weighted by Crippen LogP contribution is -2.30. The number of rotatable bonds is 6. The van der Waals surface area contributed by atoms with Gasteiger partial charge < -0.3 is 11.1 Å². The van der Waals surface area contributed by atoms with Crippen LogP contribution in [-0.2, 0) is 6.54 Å². The fourth-order valence-corrected chi connectivity index (χ4v) is 1.83. The molecule has 1 fully saturated rings. The van der Waals surface area contributed by atoms with Gasteiger partial charge in [-0.2, -0.15) is 0 Å². The number of aromatic nitrogens is 3.